The molecule has 0 unspecified atom stereocenters. The van der Waals surface area contributed by atoms with Gasteiger partial charge in [-0.3, -0.25) is 19.1 Å². The van der Waals surface area contributed by atoms with Gasteiger partial charge in [0.25, 0.3) is 12.3 Å². The highest BCUT2D eigenvalue weighted by molar-refractivity contribution is 5.93. The van der Waals surface area contributed by atoms with Crippen LogP contribution in [0.1, 0.15) is 52.9 Å². The van der Waals surface area contributed by atoms with Crippen molar-refractivity contribution in [2.75, 3.05) is 0 Å². The second-order valence-corrected chi connectivity index (χ2v) is 7.15. The highest BCUT2D eigenvalue weighted by atomic mass is 19.4. The quantitative estimate of drug-likeness (QED) is 0.625. The Morgan fingerprint density at radius 2 is 2.00 bits per heavy atom. The Kier molecular flexibility index (Phi) is 5.23. The minimum atomic E-state index is -4.58. The number of carbonyl (C=O) groups excluding carboxylic acids is 1. The van der Waals surface area contributed by atoms with E-state index in [0.29, 0.717) is 30.8 Å². The van der Waals surface area contributed by atoms with E-state index >= 15 is 0 Å². The fourth-order valence-electron chi connectivity index (χ4n) is 3.56. The molecule has 4 rings (SSSR count). The third-order valence-electron chi connectivity index (χ3n) is 5.04. The smallest absolute Gasteiger partial charge is 0.342 e. The number of aromatic nitrogens is 5. The van der Waals surface area contributed by atoms with Gasteiger partial charge in [-0.2, -0.15) is 23.4 Å². The maximum atomic E-state index is 13.0. The molecule has 0 aromatic carbocycles. The van der Waals surface area contributed by atoms with E-state index in [-0.39, 0.29) is 11.3 Å². The highest BCUT2D eigenvalue weighted by Gasteiger charge is 2.33. The summed E-state index contributed by atoms with van der Waals surface area (Å²) in [5.74, 6) is -0.577. The lowest BCUT2D eigenvalue weighted by molar-refractivity contribution is -0.141. The lowest BCUT2D eigenvalue weighted by atomic mass is 10.0. The van der Waals surface area contributed by atoms with Gasteiger partial charge < -0.3 is 5.32 Å². The number of hydrogen-bond acceptors (Lipinski definition) is 4. The summed E-state index contributed by atoms with van der Waals surface area (Å²) in [5.41, 5.74) is -0.340. The van der Waals surface area contributed by atoms with Crippen LogP contribution in [0.5, 0.6) is 0 Å². The van der Waals surface area contributed by atoms with Crippen LogP contribution in [0.25, 0.3) is 11.3 Å². The molecule has 3 aromatic rings. The van der Waals surface area contributed by atoms with E-state index in [0.717, 1.165) is 23.0 Å². The largest absolute Gasteiger partial charge is 0.433 e. The first-order valence-corrected chi connectivity index (χ1v) is 9.38. The first-order valence-electron chi connectivity index (χ1n) is 9.38. The molecule has 12 heteroatoms. The molecule has 1 aliphatic rings. The summed E-state index contributed by atoms with van der Waals surface area (Å²) in [4.78, 5) is 16.0. The van der Waals surface area contributed by atoms with E-state index in [4.69, 9.17) is 0 Å². The summed E-state index contributed by atoms with van der Waals surface area (Å²) in [6.07, 6.45) is -5.06. The van der Waals surface area contributed by atoms with Crippen molar-refractivity contribution >= 4 is 5.91 Å². The van der Waals surface area contributed by atoms with Crippen molar-refractivity contribution in [1.29, 1.82) is 0 Å². The minimum Gasteiger partial charge on any atom is -0.342 e. The molecule has 0 radical (unpaired) electrons. The molecule has 0 aliphatic carbocycles. The topological polar surface area (TPSA) is 77.6 Å². The van der Waals surface area contributed by atoms with Gasteiger partial charge in [0.1, 0.15) is 17.1 Å². The van der Waals surface area contributed by atoms with Crippen LogP contribution in [0.2, 0.25) is 0 Å². The highest BCUT2D eigenvalue weighted by Crippen LogP contribution is 2.33. The fourth-order valence-corrected chi connectivity index (χ4v) is 3.56. The number of amides is 1. The lowest BCUT2D eigenvalue weighted by Gasteiger charge is -2.24. The van der Waals surface area contributed by atoms with Gasteiger partial charge in [-0.05, 0) is 37.1 Å². The zero-order valence-corrected chi connectivity index (χ0v) is 16.2. The van der Waals surface area contributed by atoms with E-state index in [1.54, 1.807) is 10.7 Å². The normalized spacial score (nSPS) is 16.4. The van der Waals surface area contributed by atoms with Crippen LogP contribution < -0.4 is 5.32 Å². The Hall–Kier alpha value is -3.31. The minimum absolute atomic E-state index is 0.0175. The van der Waals surface area contributed by atoms with E-state index in [1.165, 1.54) is 13.1 Å². The van der Waals surface area contributed by atoms with Crippen molar-refractivity contribution in [2.24, 2.45) is 7.05 Å². The van der Waals surface area contributed by atoms with E-state index in [9.17, 15) is 26.7 Å². The molecule has 0 spiro atoms. The molecule has 0 saturated heterocycles. The van der Waals surface area contributed by atoms with Crippen molar-refractivity contribution in [1.82, 2.24) is 29.9 Å². The maximum Gasteiger partial charge on any atom is 0.433 e. The van der Waals surface area contributed by atoms with Gasteiger partial charge in [-0.15, -0.1) is 0 Å². The van der Waals surface area contributed by atoms with Gasteiger partial charge in [0.2, 0.25) is 0 Å². The number of rotatable bonds is 4. The predicted molar refractivity (Wildman–Crippen MR) is 98.1 cm³/mol. The molecule has 3 aromatic heterocycles. The monoisotopic (exact) mass is 440 g/mol. The molecule has 31 heavy (non-hydrogen) atoms. The SMILES string of the molecule is Cn1nc(C(F)F)cc1C(=O)N[C@H]1CCCn2nc(-c3ccnc(C(F)(F)F)c3)cc21. The molecule has 0 bridgehead atoms. The summed E-state index contributed by atoms with van der Waals surface area (Å²) in [6.45, 7) is 0.542. The Labute approximate surface area is 172 Å². The first-order chi connectivity index (χ1) is 14.6. The van der Waals surface area contributed by atoms with Crippen LogP contribution in [-0.2, 0) is 19.8 Å². The third kappa shape index (κ3) is 4.14. The van der Waals surface area contributed by atoms with Crippen molar-refractivity contribution in [3.63, 3.8) is 0 Å². The van der Waals surface area contributed by atoms with Crippen molar-refractivity contribution in [2.45, 2.75) is 38.0 Å². The molecule has 164 valence electrons. The fraction of sp³-hybridized carbons (Fsp3) is 0.368. The van der Waals surface area contributed by atoms with Crippen LogP contribution >= 0.6 is 0 Å². The van der Waals surface area contributed by atoms with Gasteiger partial charge in [0.15, 0.2) is 0 Å². The van der Waals surface area contributed by atoms with E-state index in [1.807, 2.05) is 0 Å². The Morgan fingerprint density at radius 3 is 2.68 bits per heavy atom. The number of hydrogen-bond donors (Lipinski definition) is 1. The number of nitrogens with one attached hydrogen (secondary N) is 1. The second kappa shape index (κ2) is 7.75. The number of pyridine rings is 1. The van der Waals surface area contributed by atoms with Crippen LogP contribution in [0, 0.1) is 0 Å². The summed E-state index contributed by atoms with van der Waals surface area (Å²) >= 11 is 0. The molecular formula is C19H17F5N6O. The van der Waals surface area contributed by atoms with Crippen molar-refractivity contribution in [3.8, 4) is 11.3 Å². The zero-order valence-electron chi connectivity index (χ0n) is 16.2. The first kappa shape index (κ1) is 20.9. The number of alkyl halides is 5. The summed E-state index contributed by atoms with van der Waals surface area (Å²) in [7, 11) is 1.39. The van der Waals surface area contributed by atoms with Crippen molar-refractivity contribution < 1.29 is 26.7 Å². The average molecular weight is 440 g/mol. The molecule has 4 heterocycles. The van der Waals surface area contributed by atoms with Gasteiger partial charge in [0, 0.05) is 25.4 Å². The molecule has 0 fully saturated rings. The summed E-state index contributed by atoms with van der Waals surface area (Å²) in [6, 6.07) is 4.52. The number of fused-ring (bicyclic) bond motifs is 1. The van der Waals surface area contributed by atoms with Crippen molar-refractivity contribution in [3.05, 3.63) is 53.2 Å². The van der Waals surface area contributed by atoms with E-state index in [2.05, 4.69) is 20.5 Å². The van der Waals surface area contributed by atoms with Gasteiger partial charge in [-0.1, -0.05) is 0 Å². The Bertz CT molecular complexity index is 1120. The predicted octanol–water partition coefficient (Wildman–Crippen LogP) is 3.90. The maximum absolute atomic E-state index is 13.0. The van der Waals surface area contributed by atoms with Gasteiger partial charge in [-0.25, -0.2) is 8.78 Å². The number of aryl methyl sites for hydroxylation is 2. The van der Waals surface area contributed by atoms with Crippen LogP contribution in [0.15, 0.2) is 30.5 Å². The number of carbonyl (C=O) groups is 1. The molecule has 1 N–H and O–H groups in total. The van der Waals surface area contributed by atoms with Crippen LogP contribution in [0.3, 0.4) is 0 Å². The lowest BCUT2D eigenvalue weighted by Crippen LogP contribution is -2.33. The number of nitrogens with zero attached hydrogens (tertiary/aromatic N) is 5. The van der Waals surface area contributed by atoms with Crippen LogP contribution in [0.4, 0.5) is 22.0 Å². The molecule has 0 saturated carbocycles. The van der Waals surface area contributed by atoms with Crippen LogP contribution in [-0.4, -0.2) is 30.5 Å². The molecular weight excluding hydrogens is 423 g/mol. The Morgan fingerprint density at radius 1 is 1.23 bits per heavy atom. The van der Waals surface area contributed by atoms with Gasteiger partial charge in [0.05, 0.1) is 17.4 Å². The number of halogens is 5. The Balaban J connectivity index is 1.60. The van der Waals surface area contributed by atoms with E-state index < -0.39 is 35.9 Å². The standard InChI is InChI=1S/C19H17F5N6O/c1-29-15(9-13(27-29)17(20)21)18(31)26-11-3-2-6-30-14(11)8-12(28-30)10-4-5-25-16(7-10)19(22,23)24/h4-5,7-9,11,17H,2-3,6H2,1H3,(H,26,31)/t11-/m0/s1. The summed E-state index contributed by atoms with van der Waals surface area (Å²) in [5, 5.41) is 10.8. The molecule has 1 atom stereocenters. The van der Waals surface area contributed by atoms with Gasteiger partial charge >= 0.3 is 6.18 Å². The third-order valence-corrected chi connectivity index (χ3v) is 5.04. The average Bonchev–Trinajstić information content (AvgIpc) is 3.32. The molecule has 7 nitrogen and oxygen atoms in total. The zero-order chi connectivity index (χ0) is 22.3. The molecule has 1 aliphatic heterocycles. The molecule has 1 amide bonds. The second-order valence-electron chi connectivity index (χ2n) is 7.15. The summed E-state index contributed by atoms with van der Waals surface area (Å²) < 4.78 is 67.3.